The summed E-state index contributed by atoms with van der Waals surface area (Å²) in [6, 6.07) is 10.8. The van der Waals surface area contributed by atoms with E-state index in [1.807, 2.05) is 0 Å². The standard InChI is InChI=1S/C18H28N2O.ClH/c1-13(2)21-18-8-4-14(5-9-18)12-20(3)17-10-15-6-7-16(11-17)19-15;/h4-5,8-9,13,15-17,19H,6-7,10-12H2,1-3H3;1H. The van der Waals surface area contributed by atoms with E-state index in [-0.39, 0.29) is 18.5 Å². The first-order valence-electron chi connectivity index (χ1n) is 8.32. The van der Waals surface area contributed by atoms with Crippen LogP contribution in [0, 0.1) is 0 Å². The molecule has 0 radical (unpaired) electrons. The molecule has 0 aliphatic carbocycles. The molecule has 0 amide bonds. The molecule has 2 atom stereocenters. The number of fused-ring (bicyclic) bond motifs is 2. The SMILES string of the molecule is CC(C)Oc1ccc(CN(C)C2CC3CCC(C2)N3)cc1.Cl. The predicted molar refractivity (Wildman–Crippen MR) is 93.9 cm³/mol. The second kappa shape index (κ2) is 7.67. The number of nitrogens with zero attached hydrogens (tertiary/aromatic N) is 1. The van der Waals surface area contributed by atoms with Crippen molar-refractivity contribution in [1.29, 1.82) is 0 Å². The average Bonchev–Trinajstić information content (AvgIpc) is 2.79. The van der Waals surface area contributed by atoms with Crippen molar-refractivity contribution in [1.82, 2.24) is 10.2 Å². The molecule has 1 N–H and O–H groups in total. The lowest BCUT2D eigenvalue weighted by Crippen LogP contribution is -2.46. The maximum Gasteiger partial charge on any atom is 0.119 e. The van der Waals surface area contributed by atoms with Gasteiger partial charge in [-0.3, -0.25) is 4.90 Å². The summed E-state index contributed by atoms with van der Waals surface area (Å²) in [7, 11) is 2.27. The Balaban J connectivity index is 0.00000176. The van der Waals surface area contributed by atoms with E-state index in [1.165, 1.54) is 31.2 Å². The van der Waals surface area contributed by atoms with Crippen molar-refractivity contribution < 1.29 is 4.74 Å². The first-order chi connectivity index (χ1) is 10.1. The number of hydrogen-bond acceptors (Lipinski definition) is 3. The molecule has 0 saturated carbocycles. The number of ether oxygens (including phenoxy) is 1. The Kier molecular flexibility index (Phi) is 6.13. The van der Waals surface area contributed by atoms with Crippen LogP contribution >= 0.6 is 12.4 Å². The molecule has 1 aromatic rings. The average molecular weight is 325 g/mol. The van der Waals surface area contributed by atoms with Gasteiger partial charge in [0.15, 0.2) is 0 Å². The Hall–Kier alpha value is -0.770. The number of benzene rings is 1. The molecule has 2 bridgehead atoms. The van der Waals surface area contributed by atoms with Gasteiger partial charge in [0.05, 0.1) is 6.10 Å². The zero-order valence-corrected chi connectivity index (χ0v) is 14.7. The molecule has 0 aromatic heterocycles. The van der Waals surface area contributed by atoms with E-state index in [2.05, 4.69) is 55.4 Å². The number of rotatable bonds is 5. The number of hydrogen-bond donors (Lipinski definition) is 1. The van der Waals surface area contributed by atoms with E-state index >= 15 is 0 Å². The van der Waals surface area contributed by atoms with Gasteiger partial charge in [-0.05, 0) is 64.3 Å². The Labute approximate surface area is 140 Å². The van der Waals surface area contributed by atoms with E-state index in [1.54, 1.807) is 0 Å². The van der Waals surface area contributed by atoms with Crippen LogP contribution in [-0.4, -0.2) is 36.2 Å². The number of halogens is 1. The monoisotopic (exact) mass is 324 g/mol. The molecule has 0 spiro atoms. The highest BCUT2D eigenvalue weighted by molar-refractivity contribution is 5.85. The van der Waals surface area contributed by atoms with Gasteiger partial charge in [0.25, 0.3) is 0 Å². The van der Waals surface area contributed by atoms with Crippen LogP contribution in [0.4, 0.5) is 0 Å². The zero-order chi connectivity index (χ0) is 14.8. The van der Waals surface area contributed by atoms with Crippen molar-refractivity contribution >= 4 is 12.4 Å². The molecular weight excluding hydrogens is 296 g/mol. The molecule has 2 unspecified atom stereocenters. The summed E-state index contributed by atoms with van der Waals surface area (Å²) in [5.74, 6) is 0.969. The summed E-state index contributed by atoms with van der Waals surface area (Å²) in [5.41, 5.74) is 1.37. The Morgan fingerprint density at radius 1 is 1.14 bits per heavy atom. The third-order valence-corrected chi connectivity index (χ3v) is 4.80. The van der Waals surface area contributed by atoms with Gasteiger partial charge >= 0.3 is 0 Å². The molecule has 2 aliphatic heterocycles. The van der Waals surface area contributed by atoms with Gasteiger partial charge in [0.2, 0.25) is 0 Å². The van der Waals surface area contributed by atoms with Crippen LogP contribution in [0.5, 0.6) is 5.75 Å². The minimum Gasteiger partial charge on any atom is -0.491 e. The summed E-state index contributed by atoms with van der Waals surface area (Å²) in [6.45, 7) is 5.16. The first kappa shape index (κ1) is 17.6. The fourth-order valence-corrected chi connectivity index (χ4v) is 3.75. The summed E-state index contributed by atoms with van der Waals surface area (Å²) < 4.78 is 5.70. The van der Waals surface area contributed by atoms with Gasteiger partial charge in [-0.2, -0.15) is 0 Å². The Bertz CT molecular complexity index is 451. The molecule has 1 aromatic carbocycles. The highest BCUT2D eigenvalue weighted by Gasteiger charge is 2.34. The fourth-order valence-electron chi connectivity index (χ4n) is 3.75. The minimum absolute atomic E-state index is 0. The highest BCUT2D eigenvalue weighted by atomic mass is 35.5. The molecule has 3 nitrogen and oxygen atoms in total. The number of nitrogens with one attached hydrogen (secondary N) is 1. The molecule has 3 rings (SSSR count). The topological polar surface area (TPSA) is 24.5 Å². The van der Waals surface area contributed by atoms with Crippen LogP contribution in [0.3, 0.4) is 0 Å². The summed E-state index contributed by atoms with van der Waals surface area (Å²) >= 11 is 0. The van der Waals surface area contributed by atoms with Crippen LogP contribution in [0.2, 0.25) is 0 Å². The fraction of sp³-hybridized carbons (Fsp3) is 0.667. The molecule has 22 heavy (non-hydrogen) atoms. The van der Waals surface area contributed by atoms with Crippen LogP contribution in [0.15, 0.2) is 24.3 Å². The molecule has 2 saturated heterocycles. The molecule has 2 aliphatic rings. The van der Waals surface area contributed by atoms with Crippen molar-refractivity contribution in [2.45, 2.75) is 70.3 Å². The van der Waals surface area contributed by atoms with Crippen molar-refractivity contribution in [3.05, 3.63) is 29.8 Å². The van der Waals surface area contributed by atoms with Crippen molar-refractivity contribution in [3.63, 3.8) is 0 Å². The van der Waals surface area contributed by atoms with E-state index < -0.39 is 0 Å². The van der Waals surface area contributed by atoms with E-state index in [9.17, 15) is 0 Å². The van der Waals surface area contributed by atoms with Gasteiger partial charge < -0.3 is 10.1 Å². The van der Waals surface area contributed by atoms with Gasteiger partial charge in [-0.25, -0.2) is 0 Å². The minimum atomic E-state index is 0. The lowest BCUT2D eigenvalue weighted by Gasteiger charge is -2.35. The quantitative estimate of drug-likeness (QED) is 0.895. The van der Waals surface area contributed by atoms with Crippen molar-refractivity contribution in [2.75, 3.05) is 7.05 Å². The smallest absolute Gasteiger partial charge is 0.119 e. The lowest BCUT2D eigenvalue weighted by molar-refractivity contribution is 0.166. The van der Waals surface area contributed by atoms with Crippen molar-refractivity contribution in [3.8, 4) is 5.75 Å². The van der Waals surface area contributed by atoms with Crippen LogP contribution in [-0.2, 0) is 6.54 Å². The third-order valence-electron chi connectivity index (χ3n) is 4.80. The van der Waals surface area contributed by atoms with Gasteiger partial charge in [0, 0.05) is 24.7 Å². The van der Waals surface area contributed by atoms with Gasteiger partial charge in [-0.15, -0.1) is 12.4 Å². The maximum atomic E-state index is 5.70. The van der Waals surface area contributed by atoms with Crippen molar-refractivity contribution in [2.24, 2.45) is 0 Å². The highest BCUT2D eigenvalue weighted by Crippen LogP contribution is 2.30. The lowest BCUT2D eigenvalue weighted by atomic mass is 9.98. The Morgan fingerprint density at radius 2 is 1.73 bits per heavy atom. The van der Waals surface area contributed by atoms with Crippen LogP contribution < -0.4 is 10.1 Å². The molecule has 2 heterocycles. The molecule has 2 fully saturated rings. The van der Waals surface area contributed by atoms with E-state index in [0.717, 1.165) is 30.4 Å². The largest absolute Gasteiger partial charge is 0.491 e. The van der Waals surface area contributed by atoms with Crippen LogP contribution in [0.25, 0.3) is 0 Å². The Morgan fingerprint density at radius 3 is 2.27 bits per heavy atom. The third kappa shape index (κ3) is 4.37. The number of piperidine rings is 1. The summed E-state index contributed by atoms with van der Waals surface area (Å²) in [4.78, 5) is 2.53. The van der Waals surface area contributed by atoms with Crippen LogP contribution in [0.1, 0.15) is 45.1 Å². The summed E-state index contributed by atoms with van der Waals surface area (Å²) in [6.07, 6.45) is 5.60. The van der Waals surface area contributed by atoms with Gasteiger partial charge in [-0.1, -0.05) is 12.1 Å². The maximum absolute atomic E-state index is 5.70. The predicted octanol–water partition coefficient (Wildman–Crippen LogP) is 3.61. The van der Waals surface area contributed by atoms with E-state index in [0.29, 0.717) is 0 Å². The molecule has 4 heteroatoms. The summed E-state index contributed by atoms with van der Waals surface area (Å²) in [5, 5.41) is 3.72. The van der Waals surface area contributed by atoms with E-state index in [4.69, 9.17) is 4.74 Å². The van der Waals surface area contributed by atoms with Gasteiger partial charge in [0.1, 0.15) is 5.75 Å². The normalized spacial score (nSPS) is 27.0. The first-order valence-corrected chi connectivity index (χ1v) is 8.32. The zero-order valence-electron chi connectivity index (χ0n) is 13.9. The molecular formula is C18H29ClN2O. The second-order valence-electron chi connectivity index (χ2n) is 6.99. The second-order valence-corrected chi connectivity index (χ2v) is 6.99. The molecule has 124 valence electrons.